The largest absolute Gasteiger partial charge is 0.461 e. The average molecular weight is 289 g/mol. The van der Waals surface area contributed by atoms with Gasteiger partial charge in [-0.25, -0.2) is 4.79 Å². The number of ether oxygens (including phenoxy) is 1. The topological polar surface area (TPSA) is 44.1 Å². The van der Waals surface area contributed by atoms with Crippen LogP contribution < -0.4 is 0 Å². The molecule has 0 aromatic carbocycles. The van der Waals surface area contributed by atoms with Crippen molar-refractivity contribution in [1.82, 2.24) is 9.78 Å². The highest BCUT2D eigenvalue weighted by Crippen LogP contribution is 2.28. The van der Waals surface area contributed by atoms with Crippen LogP contribution in [0.25, 0.3) is 0 Å². The van der Waals surface area contributed by atoms with E-state index < -0.39 is 0 Å². The van der Waals surface area contributed by atoms with E-state index in [4.69, 9.17) is 4.74 Å². The van der Waals surface area contributed by atoms with Crippen LogP contribution in [0.2, 0.25) is 0 Å². The molecule has 0 aliphatic rings. The predicted octanol–water partition coefficient (Wildman–Crippen LogP) is 2.27. The van der Waals surface area contributed by atoms with E-state index in [-0.39, 0.29) is 11.4 Å². The van der Waals surface area contributed by atoms with E-state index in [0.29, 0.717) is 12.3 Å². The molecule has 1 heterocycles. The van der Waals surface area contributed by atoms with Crippen LogP contribution in [0.15, 0.2) is 6.20 Å². The number of hydrogen-bond donors (Lipinski definition) is 0. The van der Waals surface area contributed by atoms with E-state index in [2.05, 4.69) is 34.9 Å². The fraction of sp³-hybridized carbons (Fsp3) is 0.636. The van der Waals surface area contributed by atoms with Gasteiger partial charge in [-0.2, -0.15) is 5.10 Å². The van der Waals surface area contributed by atoms with Crippen molar-refractivity contribution in [1.29, 1.82) is 0 Å². The van der Waals surface area contributed by atoms with Gasteiger partial charge >= 0.3 is 5.97 Å². The molecule has 0 atom stereocenters. The monoisotopic (exact) mass is 288 g/mol. The number of rotatable bonds is 4. The summed E-state index contributed by atoms with van der Waals surface area (Å²) in [6.07, 6.45) is 1.87. The first-order chi connectivity index (χ1) is 7.42. The molecule has 0 fully saturated rings. The van der Waals surface area contributed by atoms with Crippen LogP contribution >= 0.6 is 15.9 Å². The summed E-state index contributed by atoms with van der Waals surface area (Å²) in [5.41, 5.74) is 1.18. The molecule has 0 saturated heterocycles. The third-order valence-corrected chi connectivity index (χ3v) is 3.76. The number of aryl methyl sites for hydroxylation is 1. The van der Waals surface area contributed by atoms with Crippen molar-refractivity contribution < 1.29 is 9.53 Å². The molecule has 0 aliphatic heterocycles. The third kappa shape index (κ3) is 2.64. The predicted molar refractivity (Wildman–Crippen MR) is 66.0 cm³/mol. The van der Waals surface area contributed by atoms with Crippen molar-refractivity contribution in [2.24, 2.45) is 7.05 Å². The number of alkyl halides is 1. The second-order valence-corrected chi connectivity index (χ2v) is 4.86. The van der Waals surface area contributed by atoms with Gasteiger partial charge in [0.05, 0.1) is 6.61 Å². The SMILES string of the molecule is CCOC(=O)c1nn(C)cc1C(C)(C)CBr. The van der Waals surface area contributed by atoms with Crippen molar-refractivity contribution in [3.05, 3.63) is 17.5 Å². The fourth-order valence-electron chi connectivity index (χ4n) is 1.41. The maximum atomic E-state index is 11.7. The summed E-state index contributed by atoms with van der Waals surface area (Å²) in [6.45, 7) is 6.27. The number of carbonyl (C=O) groups is 1. The van der Waals surface area contributed by atoms with Gasteiger partial charge in [0, 0.05) is 29.6 Å². The number of carbonyl (C=O) groups excluding carboxylic acids is 1. The summed E-state index contributed by atoms with van der Waals surface area (Å²) in [6, 6.07) is 0. The highest BCUT2D eigenvalue weighted by Gasteiger charge is 2.28. The molecular formula is C11H17BrN2O2. The Bertz CT molecular complexity index is 385. The van der Waals surface area contributed by atoms with Crippen molar-refractivity contribution in [3.63, 3.8) is 0 Å². The Kier molecular flexibility index (Phi) is 4.13. The van der Waals surface area contributed by atoms with E-state index in [0.717, 1.165) is 10.9 Å². The van der Waals surface area contributed by atoms with Crippen LogP contribution in [-0.4, -0.2) is 27.7 Å². The minimum absolute atomic E-state index is 0.143. The first kappa shape index (κ1) is 13.2. The highest BCUT2D eigenvalue weighted by atomic mass is 79.9. The fourth-order valence-corrected chi connectivity index (χ4v) is 1.71. The number of halogens is 1. The first-order valence-corrected chi connectivity index (χ1v) is 6.31. The second-order valence-electron chi connectivity index (χ2n) is 4.30. The summed E-state index contributed by atoms with van der Waals surface area (Å²) in [4.78, 5) is 11.7. The zero-order valence-electron chi connectivity index (χ0n) is 10.1. The zero-order chi connectivity index (χ0) is 12.3. The summed E-state index contributed by atoms with van der Waals surface area (Å²) >= 11 is 3.45. The maximum Gasteiger partial charge on any atom is 0.359 e. The van der Waals surface area contributed by atoms with Gasteiger partial charge in [0.2, 0.25) is 0 Å². The van der Waals surface area contributed by atoms with Gasteiger partial charge in [0.15, 0.2) is 5.69 Å². The standard InChI is InChI=1S/C11H17BrN2O2/c1-5-16-10(15)9-8(6-14(4)13-9)11(2,3)7-12/h6H,5,7H2,1-4H3. The molecule has 16 heavy (non-hydrogen) atoms. The van der Waals surface area contributed by atoms with Crippen LogP contribution in [0, 0.1) is 0 Å². The molecule has 0 spiro atoms. The lowest BCUT2D eigenvalue weighted by Crippen LogP contribution is -2.22. The number of nitrogens with zero attached hydrogens (tertiary/aromatic N) is 2. The van der Waals surface area contributed by atoms with Crippen molar-refractivity contribution in [2.45, 2.75) is 26.2 Å². The molecule has 5 heteroatoms. The Morgan fingerprint density at radius 3 is 2.75 bits per heavy atom. The van der Waals surface area contributed by atoms with Crippen LogP contribution in [-0.2, 0) is 17.2 Å². The van der Waals surface area contributed by atoms with E-state index in [9.17, 15) is 4.79 Å². The molecule has 1 aromatic heterocycles. The molecule has 4 nitrogen and oxygen atoms in total. The van der Waals surface area contributed by atoms with E-state index >= 15 is 0 Å². The Morgan fingerprint density at radius 1 is 1.62 bits per heavy atom. The molecule has 0 radical (unpaired) electrons. The highest BCUT2D eigenvalue weighted by molar-refractivity contribution is 9.09. The molecule has 0 aliphatic carbocycles. The molecule has 1 aromatic rings. The molecule has 0 bridgehead atoms. The Morgan fingerprint density at radius 2 is 2.25 bits per heavy atom. The zero-order valence-corrected chi connectivity index (χ0v) is 11.7. The number of hydrogen-bond acceptors (Lipinski definition) is 3. The minimum Gasteiger partial charge on any atom is -0.461 e. The lowest BCUT2D eigenvalue weighted by molar-refractivity contribution is 0.0516. The van der Waals surface area contributed by atoms with Crippen LogP contribution in [0.4, 0.5) is 0 Å². The van der Waals surface area contributed by atoms with Gasteiger partial charge in [-0.05, 0) is 6.92 Å². The Hall–Kier alpha value is -0.840. The lowest BCUT2D eigenvalue weighted by Gasteiger charge is -2.20. The maximum absolute atomic E-state index is 11.7. The van der Waals surface area contributed by atoms with Crippen molar-refractivity contribution in [3.8, 4) is 0 Å². The number of aromatic nitrogens is 2. The smallest absolute Gasteiger partial charge is 0.359 e. The number of esters is 1. The van der Waals surface area contributed by atoms with Gasteiger partial charge in [0.1, 0.15) is 0 Å². The van der Waals surface area contributed by atoms with Crippen LogP contribution in [0.1, 0.15) is 36.8 Å². The summed E-state index contributed by atoms with van der Waals surface area (Å²) in [5.74, 6) is -0.355. The molecule has 1 rings (SSSR count). The summed E-state index contributed by atoms with van der Waals surface area (Å²) in [5, 5.41) is 4.93. The average Bonchev–Trinajstić information content (AvgIpc) is 2.61. The Balaban J connectivity index is 3.14. The normalized spacial score (nSPS) is 11.6. The minimum atomic E-state index is -0.355. The Labute approximate surface area is 104 Å². The molecule has 0 amide bonds. The van der Waals surface area contributed by atoms with Gasteiger partial charge in [-0.15, -0.1) is 0 Å². The first-order valence-electron chi connectivity index (χ1n) is 5.19. The van der Waals surface area contributed by atoms with Crippen LogP contribution in [0.5, 0.6) is 0 Å². The molecular weight excluding hydrogens is 272 g/mol. The quantitative estimate of drug-likeness (QED) is 0.631. The van der Waals surface area contributed by atoms with Crippen molar-refractivity contribution in [2.75, 3.05) is 11.9 Å². The lowest BCUT2D eigenvalue weighted by atomic mass is 9.87. The van der Waals surface area contributed by atoms with Gasteiger partial charge < -0.3 is 4.74 Å². The molecule has 90 valence electrons. The molecule has 0 saturated carbocycles. The van der Waals surface area contributed by atoms with E-state index in [1.54, 1.807) is 18.7 Å². The van der Waals surface area contributed by atoms with E-state index in [1.165, 1.54) is 0 Å². The van der Waals surface area contributed by atoms with Crippen LogP contribution in [0.3, 0.4) is 0 Å². The summed E-state index contributed by atoms with van der Waals surface area (Å²) < 4.78 is 6.64. The third-order valence-electron chi connectivity index (χ3n) is 2.36. The van der Waals surface area contributed by atoms with Gasteiger partial charge in [0.25, 0.3) is 0 Å². The van der Waals surface area contributed by atoms with Gasteiger partial charge in [-0.1, -0.05) is 29.8 Å². The second kappa shape index (κ2) is 4.99. The van der Waals surface area contributed by atoms with E-state index in [1.807, 2.05) is 6.20 Å². The molecule has 0 N–H and O–H groups in total. The summed E-state index contributed by atoms with van der Waals surface area (Å²) in [7, 11) is 1.80. The molecule has 0 unspecified atom stereocenters. The van der Waals surface area contributed by atoms with Gasteiger partial charge in [-0.3, -0.25) is 4.68 Å². The van der Waals surface area contributed by atoms with Crippen molar-refractivity contribution >= 4 is 21.9 Å².